The van der Waals surface area contributed by atoms with E-state index in [1.54, 1.807) is 12.1 Å². The van der Waals surface area contributed by atoms with Crippen LogP contribution in [0.1, 0.15) is 92.5 Å². The van der Waals surface area contributed by atoms with Crippen LogP contribution < -0.4 is 10.1 Å². The van der Waals surface area contributed by atoms with Crippen LogP contribution in [0.15, 0.2) is 42.5 Å². The van der Waals surface area contributed by atoms with Gasteiger partial charge >= 0.3 is 5.97 Å². The van der Waals surface area contributed by atoms with Crippen LogP contribution in [-0.2, 0) is 4.79 Å². The number of carbonyl (C=O) groups is 2. The van der Waals surface area contributed by atoms with Crippen molar-refractivity contribution in [3.63, 3.8) is 0 Å². The Kier molecular flexibility index (Phi) is 6.93. The predicted octanol–water partition coefficient (Wildman–Crippen LogP) is 6.00. The third-order valence-corrected chi connectivity index (χ3v) is 9.76. The van der Waals surface area contributed by atoms with Gasteiger partial charge in [-0.25, -0.2) is 4.79 Å². The van der Waals surface area contributed by atoms with Crippen LogP contribution in [0.4, 0.5) is 0 Å². The molecule has 1 spiro atoms. The number of amides is 1. The van der Waals surface area contributed by atoms with Gasteiger partial charge in [-0.1, -0.05) is 43.5 Å². The molecule has 1 aliphatic heterocycles. The summed E-state index contributed by atoms with van der Waals surface area (Å²) in [6.07, 6.45) is 12.2. The van der Waals surface area contributed by atoms with Crippen LogP contribution in [0.5, 0.6) is 5.75 Å². The van der Waals surface area contributed by atoms with Crippen LogP contribution in [0.2, 0.25) is 0 Å². The van der Waals surface area contributed by atoms with E-state index < -0.39 is 5.97 Å². The molecule has 1 unspecified atom stereocenters. The molecule has 0 bridgehead atoms. The maximum Gasteiger partial charge on any atom is 0.335 e. The van der Waals surface area contributed by atoms with Crippen LogP contribution >= 0.6 is 0 Å². The second kappa shape index (κ2) is 10.4. The van der Waals surface area contributed by atoms with E-state index in [0.29, 0.717) is 11.3 Å². The molecule has 2 N–H and O–H groups in total. The number of hydrogen-bond acceptors (Lipinski definition) is 4. The number of nitrogens with one attached hydrogen (secondary N) is 1. The summed E-state index contributed by atoms with van der Waals surface area (Å²) in [5, 5.41) is 13.0. The van der Waals surface area contributed by atoms with Gasteiger partial charge in [-0.05, 0) is 92.7 Å². The lowest BCUT2D eigenvalue weighted by Crippen LogP contribution is -2.45. The third-order valence-electron chi connectivity index (χ3n) is 9.76. The zero-order chi connectivity index (χ0) is 26.3. The number of likely N-dealkylation sites (N-methyl/N-ethyl adjacent to an activating group) is 1. The largest absolute Gasteiger partial charge is 0.490 e. The Morgan fingerprint density at radius 2 is 1.79 bits per heavy atom. The minimum atomic E-state index is -0.932. The van der Waals surface area contributed by atoms with E-state index in [1.165, 1.54) is 50.5 Å². The van der Waals surface area contributed by atoms with Crippen molar-refractivity contribution in [3.8, 4) is 16.9 Å². The number of carboxylic acid groups (broad SMARTS) is 1. The van der Waals surface area contributed by atoms with E-state index >= 15 is 0 Å². The number of nitrogens with zero attached hydrogens (tertiary/aromatic N) is 1. The van der Waals surface area contributed by atoms with E-state index in [1.807, 2.05) is 12.1 Å². The number of likely N-dealkylation sites (tertiary alicyclic amines) is 1. The van der Waals surface area contributed by atoms with Crippen molar-refractivity contribution >= 4 is 11.9 Å². The number of ether oxygens (including phenoxy) is 1. The molecule has 3 aliphatic carbocycles. The highest BCUT2D eigenvalue weighted by Gasteiger charge is 2.47. The fourth-order valence-corrected chi connectivity index (χ4v) is 7.50. The second-order valence-corrected chi connectivity index (χ2v) is 12.3. The molecule has 202 valence electrons. The Labute approximate surface area is 225 Å². The Hall–Kier alpha value is -2.86. The van der Waals surface area contributed by atoms with Crippen molar-refractivity contribution in [1.29, 1.82) is 0 Å². The van der Waals surface area contributed by atoms with Crippen LogP contribution in [0.25, 0.3) is 11.1 Å². The average molecular weight is 517 g/mol. The molecule has 4 aliphatic rings. The summed E-state index contributed by atoms with van der Waals surface area (Å²) in [5.74, 6) is 0.495. The van der Waals surface area contributed by atoms with Gasteiger partial charge in [0.15, 0.2) is 0 Å². The molecule has 38 heavy (non-hydrogen) atoms. The zero-order valence-corrected chi connectivity index (χ0v) is 22.5. The molecular weight excluding hydrogens is 476 g/mol. The second-order valence-electron chi connectivity index (χ2n) is 12.3. The minimum Gasteiger partial charge on any atom is -0.490 e. The van der Waals surface area contributed by atoms with Crippen LogP contribution in [0, 0.1) is 5.41 Å². The first-order valence-electron chi connectivity index (χ1n) is 14.5. The van der Waals surface area contributed by atoms with Gasteiger partial charge in [0.1, 0.15) is 11.9 Å². The van der Waals surface area contributed by atoms with Gasteiger partial charge in [-0.2, -0.15) is 0 Å². The Morgan fingerprint density at radius 1 is 1.00 bits per heavy atom. The monoisotopic (exact) mass is 516 g/mol. The highest BCUT2D eigenvalue weighted by atomic mass is 16.5. The first-order chi connectivity index (χ1) is 18.4. The smallest absolute Gasteiger partial charge is 0.335 e. The van der Waals surface area contributed by atoms with E-state index in [4.69, 9.17) is 4.74 Å². The molecule has 0 radical (unpaired) electrons. The number of carboxylic acids is 1. The van der Waals surface area contributed by atoms with Crippen molar-refractivity contribution in [2.24, 2.45) is 5.41 Å². The summed E-state index contributed by atoms with van der Waals surface area (Å²) < 4.78 is 6.56. The number of carbonyl (C=O) groups excluding carboxylic acids is 1. The lowest BCUT2D eigenvalue weighted by Gasteiger charge is -2.29. The Morgan fingerprint density at radius 3 is 2.53 bits per heavy atom. The zero-order valence-electron chi connectivity index (χ0n) is 22.5. The van der Waals surface area contributed by atoms with Crippen molar-refractivity contribution in [2.45, 2.75) is 94.7 Å². The molecule has 6 rings (SSSR count). The molecule has 6 heteroatoms. The van der Waals surface area contributed by atoms with Gasteiger partial charge in [0, 0.05) is 24.6 Å². The average Bonchev–Trinajstić information content (AvgIpc) is 3.59. The highest BCUT2D eigenvalue weighted by Crippen LogP contribution is 2.47. The molecule has 3 saturated carbocycles. The van der Waals surface area contributed by atoms with E-state index in [0.717, 1.165) is 49.1 Å². The lowest BCUT2D eigenvalue weighted by atomic mass is 9.77. The van der Waals surface area contributed by atoms with Gasteiger partial charge < -0.3 is 15.2 Å². The van der Waals surface area contributed by atoms with Crippen molar-refractivity contribution in [3.05, 3.63) is 53.6 Å². The maximum atomic E-state index is 13.2. The number of rotatable bonds is 7. The third kappa shape index (κ3) is 4.95. The van der Waals surface area contributed by atoms with Gasteiger partial charge in [-0.15, -0.1) is 0 Å². The van der Waals surface area contributed by atoms with Gasteiger partial charge in [0.25, 0.3) is 0 Å². The quantitative estimate of drug-likeness (QED) is 0.472. The molecule has 1 amide bonds. The van der Waals surface area contributed by atoms with Gasteiger partial charge in [-0.3, -0.25) is 9.69 Å². The number of benzene rings is 2. The summed E-state index contributed by atoms with van der Waals surface area (Å²) in [6, 6.07) is 13.7. The van der Waals surface area contributed by atoms with Crippen LogP contribution in [-0.4, -0.2) is 53.7 Å². The summed E-state index contributed by atoms with van der Waals surface area (Å²) in [6.45, 7) is 1.04. The maximum absolute atomic E-state index is 13.2. The first-order valence-corrected chi connectivity index (χ1v) is 14.5. The van der Waals surface area contributed by atoms with Gasteiger partial charge in [0.05, 0.1) is 11.6 Å². The topological polar surface area (TPSA) is 78.9 Å². The summed E-state index contributed by atoms with van der Waals surface area (Å²) >= 11 is 0. The standard InChI is InChI=1S/C32H40N2O4/c1-34-20-32(15-4-5-16-32)19-28(34)30(35)33-23-12-13-24(18-23)38-29-14-11-22(31(36)37)17-27(29)26-10-3-2-9-25(26)21-7-6-8-21/h2-3,9-11,14,17,21,23-24,28H,4-8,12-13,15-16,18-20H2,1H3,(H,33,35)(H,36,37)/t23-,24-,28?/m1/s1. The molecule has 4 fully saturated rings. The lowest BCUT2D eigenvalue weighted by molar-refractivity contribution is -0.125. The van der Waals surface area contributed by atoms with Crippen molar-refractivity contribution < 1.29 is 19.4 Å². The number of aromatic carboxylic acids is 1. The van der Waals surface area contributed by atoms with E-state index in [2.05, 4.69) is 35.5 Å². The minimum absolute atomic E-state index is 0.00641. The van der Waals surface area contributed by atoms with Crippen molar-refractivity contribution in [2.75, 3.05) is 13.6 Å². The molecule has 0 aromatic heterocycles. The summed E-state index contributed by atoms with van der Waals surface area (Å²) in [5.41, 5.74) is 3.83. The SMILES string of the molecule is CN1CC2(CCCC2)CC1C(=O)N[C@@H]1CC[C@@H](Oc2ccc(C(=O)O)cc2-c2ccccc2C2CCC2)C1. The Balaban J connectivity index is 1.15. The summed E-state index contributed by atoms with van der Waals surface area (Å²) in [4.78, 5) is 27.3. The molecule has 2 aromatic rings. The normalized spacial score (nSPS) is 26.9. The van der Waals surface area contributed by atoms with Crippen LogP contribution in [0.3, 0.4) is 0 Å². The molecule has 3 atom stereocenters. The fraction of sp³-hybridized carbons (Fsp3) is 0.562. The van der Waals surface area contributed by atoms with E-state index in [9.17, 15) is 14.7 Å². The van der Waals surface area contributed by atoms with E-state index in [-0.39, 0.29) is 29.7 Å². The molecular formula is C32H40N2O4. The fourth-order valence-electron chi connectivity index (χ4n) is 7.50. The molecule has 6 nitrogen and oxygen atoms in total. The first kappa shape index (κ1) is 25.4. The van der Waals surface area contributed by atoms with Gasteiger partial charge in [0.2, 0.25) is 5.91 Å². The highest BCUT2D eigenvalue weighted by molar-refractivity contribution is 5.91. The van der Waals surface area contributed by atoms with Crippen molar-refractivity contribution in [1.82, 2.24) is 10.2 Å². The molecule has 1 heterocycles. The predicted molar refractivity (Wildman–Crippen MR) is 148 cm³/mol. The Bertz CT molecular complexity index is 1200. The number of hydrogen-bond donors (Lipinski definition) is 2. The summed E-state index contributed by atoms with van der Waals surface area (Å²) in [7, 11) is 2.10. The molecule has 2 aromatic carbocycles. The molecule has 1 saturated heterocycles.